The summed E-state index contributed by atoms with van der Waals surface area (Å²) in [4.78, 5) is 0. The van der Waals surface area contributed by atoms with Gasteiger partial charge in [-0.05, 0) is 18.2 Å². The van der Waals surface area contributed by atoms with Crippen molar-refractivity contribution >= 4 is 34.1 Å². The predicted molar refractivity (Wildman–Crippen MR) is 116 cm³/mol. The lowest BCUT2D eigenvalue weighted by Crippen LogP contribution is -2.62. The van der Waals surface area contributed by atoms with Gasteiger partial charge in [-0.2, -0.15) is 5.26 Å². The zero-order valence-electron chi connectivity index (χ0n) is 16.8. The van der Waals surface area contributed by atoms with Gasteiger partial charge in [0, 0.05) is 11.8 Å². The number of aliphatic hydroxyl groups excluding tert-OH is 3. The van der Waals surface area contributed by atoms with Gasteiger partial charge in [0.25, 0.3) is 0 Å². The first-order valence-corrected chi connectivity index (χ1v) is 10.5. The molecule has 33 heavy (non-hydrogen) atoms. The van der Waals surface area contributed by atoms with Gasteiger partial charge in [0.05, 0.1) is 34.5 Å². The SMILES string of the molecule is N#CC(N)/C(Cl)=C\C(=N)SC1OC(CO)C(O)C(N/C=C(\N)c2cc(F)c(F)c(F)c2)C1O. The molecule has 0 aliphatic carbocycles. The topological polar surface area (TPSA) is 182 Å². The molecular formula is C19H21ClF3N5O4S. The van der Waals surface area contributed by atoms with Crippen LogP contribution in [0.5, 0.6) is 0 Å². The molecule has 9 N–H and O–H groups in total. The highest BCUT2D eigenvalue weighted by molar-refractivity contribution is 8.14. The Morgan fingerprint density at radius 2 is 1.94 bits per heavy atom. The molecule has 6 unspecified atom stereocenters. The van der Waals surface area contributed by atoms with E-state index in [1.54, 1.807) is 6.07 Å². The maximum Gasteiger partial charge on any atom is 0.194 e. The average Bonchev–Trinajstić information content (AvgIpc) is 2.77. The summed E-state index contributed by atoms with van der Waals surface area (Å²) in [5.74, 6) is -4.57. The van der Waals surface area contributed by atoms with Crippen LogP contribution in [0.4, 0.5) is 13.2 Å². The largest absolute Gasteiger partial charge is 0.397 e. The van der Waals surface area contributed by atoms with Crippen LogP contribution in [0.2, 0.25) is 0 Å². The normalized spacial score (nSPS) is 27.1. The predicted octanol–water partition coefficient (Wildman–Crippen LogP) is 0.442. The first kappa shape index (κ1) is 26.9. The Labute approximate surface area is 196 Å². The molecule has 1 saturated heterocycles. The number of rotatable bonds is 7. The van der Waals surface area contributed by atoms with E-state index in [0.717, 1.165) is 12.3 Å². The molecule has 0 amide bonds. The summed E-state index contributed by atoms with van der Waals surface area (Å²) in [6, 6.07) is 0.676. The number of nitrogens with two attached hydrogens (primary N) is 2. The fourth-order valence-corrected chi connectivity index (χ4v) is 3.98. The molecule has 1 aromatic rings. The van der Waals surface area contributed by atoms with E-state index in [0.29, 0.717) is 23.9 Å². The van der Waals surface area contributed by atoms with Crippen LogP contribution in [0.15, 0.2) is 29.4 Å². The van der Waals surface area contributed by atoms with E-state index in [9.17, 15) is 28.5 Å². The molecule has 0 saturated carbocycles. The molecule has 0 aromatic heterocycles. The number of aliphatic hydroxyl groups is 3. The standard InChI is InChI=1S/C19H21ClF3N5O4S/c20-8(11(25)4-24)3-14(27)33-19-18(31)16(17(30)13(6-29)32-19)28-5-12(26)7-1-9(21)15(23)10(22)2-7/h1-3,5,11,13,16-19,27-31H,6,25-26H2/b8-3+,12-5-,27-14?. The number of ether oxygens (including phenoxy) is 1. The van der Waals surface area contributed by atoms with Crippen molar-refractivity contribution in [3.8, 4) is 6.07 Å². The van der Waals surface area contributed by atoms with Gasteiger partial charge >= 0.3 is 0 Å². The molecule has 180 valence electrons. The number of hydrogen-bond acceptors (Lipinski definition) is 10. The Morgan fingerprint density at radius 1 is 1.33 bits per heavy atom. The van der Waals surface area contributed by atoms with Crippen molar-refractivity contribution in [3.63, 3.8) is 0 Å². The van der Waals surface area contributed by atoms with Crippen molar-refractivity contribution in [2.45, 2.75) is 35.8 Å². The molecule has 1 heterocycles. The van der Waals surface area contributed by atoms with Crippen molar-refractivity contribution < 1.29 is 33.2 Å². The van der Waals surface area contributed by atoms with E-state index < -0.39 is 59.9 Å². The molecule has 9 nitrogen and oxygen atoms in total. The van der Waals surface area contributed by atoms with Crippen LogP contribution in [0.3, 0.4) is 0 Å². The number of nitrogens with one attached hydrogen (secondary N) is 2. The lowest BCUT2D eigenvalue weighted by Gasteiger charge is -2.42. The van der Waals surface area contributed by atoms with Crippen LogP contribution in [-0.4, -0.2) is 62.8 Å². The lowest BCUT2D eigenvalue weighted by atomic mass is 9.97. The Kier molecular flexibility index (Phi) is 9.56. The maximum absolute atomic E-state index is 13.4. The third-order valence-corrected chi connectivity index (χ3v) is 5.92. The quantitative estimate of drug-likeness (QED) is 0.156. The number of hydrogen-bond donors (Lipinski definition) is 7. The molecule has 1 aliphatic rings. The van der Waals surface area contributed by atoms with Crippen LogP contribution < -0.4 is 16.8 Å². The minimum atomic E-state index is -1.66. The zero-order valence-corrected chi connectivity index (χ0v) is 18.3. The minimum Gasteiger partial charge on any atom is -0.397 e. The van der Waals surface area contributed by atoms with E-state index in [1.807, 2.05) is 0 Å². The maximum atomic E-state index is 13.4. The number of halogens is 4. The third kappa shape index (κ3) is 6.61. The van der Waals surface area contributed by atoms with E-state index in [4.69, 9.17) is 38.5 Å². The molecule has 14 heteroatoms. The van der Waals surface area contributed by atoms with Gasteiger partial charge in [-0.3, -0.25) is 5.41 Å². The van der Waals surface area contributed by atoms with Crippen LogP contribution >= 0.6 is 23.4 Å². The first-order chi connectivity index (χ1) is 15.5. The monoisotopic (exact) mass is 507 g/mol. The molecule has 0 bridgehead atoms. The number of benzene rings is 1. The fraction of sp³-hybridized carbons (Fsp3) is 0.368. The highest BCUT2D eigenvalue weighted by Gasteiger charge is 2.44. The second-order valence-electron chi connectivity index (χ2n) is 6.87. The van der Waals surface area contributed by atoms with Gasteiger partial charge in [0.15, 0.2) is 17.5 Å². The summed E-state index contributed by atoms with van der Waals surface area (Å²) in [7, 11) is 0. The molecule has 0 spiro atoms. The summed E-state index contributed by atoms with van der Waals surface area (Å²) in [6.45, 7) is -0.639. The smallest absolute Gasteiger partial charge is 0.194 e. The molecule has 1 aliphatic heterocycles. The van der Waals surface area contributed by atoms with Gasteiger partial charge in [0.2, 0.25) is 0 Å². The van der Waals surface area contributed by atoms with Gasteiger partial charge in [-0.25, -0.2) is 13.2 Å². The summed E-state index contributed by atoms with van der Waals surface area (Å²) >= 11 is 6.50. The Morgan fingerprint density at radius 3 is 2.48 bits per heavy atom. The van der Waals surface area contributed by atoms with Crippen LogP contribution in [0.25, 0.3) is 5.70 Å². The zero-order chi connectivity index (χ0) is 24.9. The highest BCUT2D eigenvalue weighted by Crippen LogP contribution is 2.30. The summed E-state index contributed by atoms with van der Waals surface area (Å²) in [6.07, 6.45) is -1.97. The van der Waals surface area contributed by atoms with Gasteiger partial charge in [-0.15, -0.1) is 0 Å². The minimum absolute atomic E-state index is 0.122. The van der Waals surface area contributed by atoms with E-state index in [2.05, 4.69) is 5.32 Å². The number of nitrogens with zero attached hydrogens (tertiary/aromatic N) is 1. The van der Waals surface area contributed by atoms with Crippen LogP contribution in [-0.2, 0) is 4.74 Å². The second kappa shape index (κ2) is 11.7. The van der Waals surface area contributed by atoms with E-state index >= 15 is 0 Å². The van der Waals surface area contributed by atoms with E-state index in [-0.39, 0.29) is 21.3 Å². The fourth-order valence-electron chi connectivity index (χ4n) is 2.81. The molecule has 2 rings (SSSR count). The second-order valence-corrected chi connectivity index (χ2v) is 8.45. The highest BCUT2D eigenvalue weighted by atomic mass is 35.5. The van der Waals surface area contributed by atoms with Crippen LogP contribution in [0.1, 0.15) is 5.56 Å². The molecule has 6 atom stereocenters. The molecular weight excluding hydrogens is 487 g/mol. The molecule has 1 fully saturated rings. The van der Waals surface area contributed by atoms with Gasteiger partial charge in [0.1, 0.15) is 29.8 Å². The summed E-state index contributed by atoms with van der Waals surface area (Å²) < 4.78 is 45.5. The lowest BCUT2D eigenvalue weighted by molar-refractivity contribution is -0.164. The first-order valence-electron chi connectivity index (χ1n) is 9.26. The van der Waals surface area contributed by atoms with Crippen molar-refractivity contribution in [1.82, 2.24) is 5.32 Å². The van der Waals surface area contributed by atoms with Crippen LogP contribution in [0, 0.1) is 34.2 Å². The Hall–Kier alpha value is -2.31. The number of thioether (sulfide) groups is 1. The van der Waals surface area contributed by atoms with Gasteiger partial charge in [-0.1, -0.05) is 23.4 Å². The average molecular weight is 508 g/mol. The summed E-state index contributed by atoms with van der Waals surface area (Å²) in [5.41, 5.74) is 9.60. The van der Waals surface area contributed by atoms with Crippen molar-refractivity contribution in [2.24, 2.45) is 11.5 Å². The summed E-state index contributed by atoms with van der Waals surface area (Å²) in [5, 5.41) is 49.5. The van der Waals surface area contributed by atoms with Crippen molar-refractivity contribution in [2.75, 3.05) is 6.61 Å². The Balaban J connectivity index is 2.20. The van der Waals surface area contributed by atoms with E-state index in [1.165, 1.54) is 0 Å². The Bertz CT molecular complexity index is 970. The third-order valence-electron chi connectivity index (χ3n) is 4.58. The van der Waals surface area contributed by atoms with Crippen molar-refractivity contribution in [3.05, 3.63) is 52.5 Å². The molecule has 0 radical (unpaired) electrons. The van der Waals surface area contributed by atoms with Crippen molar-refractivity contribution in [1.29, 1.82) is 10.7 Å². The number of nitriles is 1. The van der Waals surface area contributed by atoms with Gasteiger partial charge < -0.3 is 36.8 Å². The molecule has 1 aromatic carbocycles.